The van der Waals surface area contributed by atoms with Crippen molar-refractivity contribution in [3.8, 4) is 0 Å². The molecule has 0 amide bonds. The van der Waals surface area contributed by atoms with Crippen molar-refractivity contribution >= 4 is 11.3 Å². The Morgan fingerprint density at radius 2 is 1.95 bits per heavy atom. The van der Waals surface area contributed by atoms with Gasteiger partial charge in [0.25, 0.3) is 0 Å². The molecule has 1 fully saturated rings. The normalized spacial score (nSPS) is 18.2. The minimum Gasteiger partial charge on any atom is -0.330 e. The van der Waals surface area contributed by atoms with E-state index in [1.807, 2.05) is 11.3 Å². The van der Waals surface area contributed by atoms with Crippen molar-refractivity contribution in [2.45, 2.75) is 37.5 Å². The van der Waals surface area contributed by atoms with Crippen LogP contribution in [0.25, 0.3) is 0 Å². The predicted molar refractivity (Wildman–Crippen MR) is 82.8 cm³/mol. The highest BCUT2D eigenvalue weighted by atomic mass is 32.1. The number of benzene rings is 1. The summed E-state index contributed by atoms with van der Waals surface area (Å²) in [7, 11) is 0. The van der Waals surface area contributed by atoms with Crippen molar-refractivity contribution < 1.29 is 0 Å². The van der Waals surface area contributed by atoms with Gasteiger partial charge in [0.15, 0.2) is 0 Å². The molecule has 100 valence electrons. The summed E-state index contributed by atoms with van der Waals surface area (Å²) < 4.78 is 0. The summed E-state index contributed by atoms with van der Waals surface area (Å²) >= 11 is 1.82. The molecule has 1 aromatic heterocycles. The largest absolute Gasteiger partial charge is 0.330 e. The number of nitrogens with two attached hydrogens (primary N) is 1. The zero-order chi connectivity index (χ0) is 13.3. The van der Waals surface area contributed by atoms with Crippen LogP contribution < -0.4 is 5.73 Å². The molecule has 1 saturated carbocycles. The molecule has 1 aliphatic carbocycles. The van der Waals surface area contributed by atoms with Gasteiger partial charge in [-0.2, -0.15) is 0 Å². The maximum Gasteiger partial charge on any atom is 0.00954 e. The van der Waals surface area contributed by atoms with Crippen LogP contribution in [0.3, 0.4) is 0 Å². The molecule has 1 aliphatic rings. The maximum absolute atomic E-state index is 6.07. The van der Waals surface area contributed by atoms with Crippen LogP contribution >= 0.6 is 11.3 Å². The summed E-state index contributed by atoms with van der Waals surface area (Å²) in [6, 6.07) is 13.5. The maximum atomic E-state index is 6.07. The van der Waals surface area contributed by atoms with Crippen molar-refractivity contribution in [3.05, 3.63) is 57.8 Å². The van der Waals surface area contributed by atoms with Crippen LogP contribution in [-0.2, 0) is 11.8 Å². The van der Waals surface area contributed by atoms with Crippen LogP contribution in [0, 0.1) is 0 Å². The first-order chi connectivity index (χ1) is 9.21. The van der Waals surface area contributed by atoms with Gasteiger partial charge in [0, 0.05) is 16.8 Å². The lowest BCUT2D eigenvalue weighted by Crippen LogP contribution is -2.33. The molecule has 1 unspecified atom stereocenters. The fourth-order valence-corrected chi connectivity index (χ4v) is 3.56. The third kappa shape index (κ3) is 2.75. The van der Waals surface area contributed by atoms with Gasteiger partial charge in [-0.3, -0.25) is 0 Å². The van der Waals surface area contributed by atoms with E-state index in [2.05, 4.69) is 48.7 Å². The molecular weight excluding hydrogens is 250 g/mol. The van der Waals surface area contributed by atoms with Crippen LogP contribution in [0.2, 0.25) is 0 Å². The highest BCUT2D eigenvalue weighted by Crippen LogP contribution is 2.40. The van der Waals surface area contributed by atoms with Gasteiger partial charge >= 0.3 is 0 Å². The summed E-state index contributed by atoms with van der Waals surface area (Å²) in [5.41, 5.74) is 8.99. The third-order valence-electron chi connectivity index (χ3n) is 4.25. The van der Waals surface area contributed by atoms with E-state index in [4.69, 9.17) is 5.73 Å². The molecule has 0 saturated heterocycles. The van der Waals surface area contributed by atoms with Gasteiger partial charge in [0.1, 0.15) is 0 Å². The highest BCUT2D eigenvalue weighted by Gasteiger charge is 2.27. The van der Waals surface area contributed by atoms with E-state index in [-0.39, 0.29) is 5.41 Å². The van der Waals surface area contributed by atoms with E-state index in [0.29, 0.717) is 6.54 Å². The fourth-order valence-electron chi connectivity index (χ4n) is 2.66. The Kier molecular flexibility index (Phi) is 3.46. The second-order valence-corrected chi connectivity index (χ2v) is 6.95. The van der Waals surface area contributed by atoms with Gasteiger partial charge in [-0.15, -0.1) is 11.3 Å². The van der Waals surface area contributed by atoms with Gasteiger partial charge < -0.3 is 5.73 Å². The van der Waals surface area contributed by atoms with E-state index in [0.717, 1.165) is 12.3 Å². The first-order valence-corrected chi connectivity index (χ1v) is 7.92. The van der Waals surface area contributed by atoms with E-state index < -0.39 is 0 Å². The summed E-state index contributed by atoms with van der Waals surface area (Å²) in [4.78, 5) is 1.42. The average molecular weight is 271 g/mol. The number of thiophene rings is 1. The predicted octanol–water partition coefficient (Wildman–Crippen LogP) is 4.08. The molecule has 1 heterocycles. The number of hydrogen-bond acceptors (Lipinski definition) is 2. The van der Waals surface area contributed by atoms with Crippen LogP contribution in [0.1, 0.15) is 41.7 Å². The van der Waals surface area contributed by atoms with Crippen molar-refractivity contribution in [1.29, 1.82) is 0 Å². The molecule has 0 bridgehead atoms. The smallest absolute Gasteiger partial charge is 0.00954 e. The number of hydrogen-bond donors (Lipinski definition) is 1. The molecule has 2 N–H and O–H groups in total. The summed E-state index contributed by atoms with van der Waals surface area (Å²) in [5, 5.41) is 2.14. The van der Waals surface area contributed by atoms with Gasteiger partial charge in [0.05, 0.1) is 0 Å². The molecule has 0 aliphatic heterocycles. The topological polar surface area (TPSA) is 26.0 Å². The second kappa shape index (κ2) is 5.10. The average Bonchev–Trinajstić information content (AvgIpc) is 3.18. The van der Waals surface area contributed by atoms with Crippen molar-refractivity contribution in [2.24, 2.45) is 5.73 Å². The van der Waals surface area contributed by atoms with Gasteiger partial charge in [0.2, 0.25) is 0 Å². The quantitative estimate of drug-likeness (QED) is 0.871. The molecule has 1 atom stereocenters. The Morgan fingerprint density at radius 1 is 1.21 bits per heavy atom. The lowest BCUT2D eigenvalue weighted by molar-refractivity contribution is 0.484. The van der Waals surface area contributed by atoms with E-state index >= 15 is 0 Å². The van der Waals surface area contributed by atoms with Crippen LogP contribution in [0.5, 0.6) is 0 Å². The summed E-state index contributed by atoms with van der Waals surface area (Å²) in [6.45, 7) is 2.96. The molecule has 1 nitrogen and oxygen atoms in total. The molecule has 2 heteroatoms. The van der Waals surface area contributed by atoms with Crippen LogP contribution in [-0.4, -0.2) is 6.54 Å². The summed E-state index contributed by atoms with van der Waals surface area (Å²) in [6.07, 6.45) is 3.76. The fraction of sp³-hybridized carbons (Fsp3) is 0.412. The molecule has 1 aromatic carbocycles. The lowest BCUT2D eigenvalue weighted by atomic mass is 9.79. The first kappa shape index (κ1) is 12.9. The summed E-state index contributed by atoms with van der Waals surface area (Å²) in [5.74, 6) is 0.829. The Morgan fingerprint density at radius 3 is 2.47 bits per heavy atom. The second-order valence-electron chi connectivity index (χ2n) is 5.92. The standard InChI is InChI=1S/C17H21NS/c1-17(12-18,11-16-3-2-10-19-16)15-8-6-14(7-9-15)13-4-5-13/h2-3,6-10,13H,4-5,11-12,18H2,1H3. The zero-order valence-corrected chi connectivity index (χ0v) is 12.2. The minimum atomic E-state index is 0.0485. The third-order valence-corrected chi connectivity index (χ3v) is 5.13. The highest BCUT2D eigenvalue weighted by molar-refractivity contribution is 7.09. The molecule has 0 spiro atoms. The van der Waals surface area contributed by atoms with Crippen LogP contribution in [0.4, 0.5) is 0 Å². The van der Waals surface area contributed by atoms with Gasteiger partial charge in [-0.1, -0.05) is 37.3 Å². The van der Waals surface area contributed by atoms with Crippen LogP contribution in [0.15, 0.2) is 41.8 Å². The Hall–Kier alpha value is -1.12. The van der Waals surface area contributed by atoms with Crippen molar-refractivity contribution in [2.75, 3.05) is 6.54 Å². The molecule has 2 aromatic rings. The van der Waals surface area contributed by atoms with Crippen molar-refractivity contribution in [3.63, 3.8) is 0 Å². The Balaban J connectivity index is 1.83. The molecule has 19 heavy (non-hydrogen) atoms. The lowest BCUT2D eigenvalue weighted by Gasteiger charge is -2.28. The molecular formula is C17H21NS. The minimum absolute atomic E-state index is 0.0485. The van der Waals surface area contributed by atoms with Crippen molar-refractivity contribution in [1.82, 2.24) is 0 Å². The van der Waals surface area contributed by atoms with E-state index in [1.165, 1.54) is 28.8 Å². The molecule has 3 rings (SSSR count). The van der Waals surface area contributed by atoms with Gasteiger partial charge in [-0.25, -0.2) is 0 Å². The van der Waals surface area contributed by atoms with E-state index in [1.54, 1.807) is 0 Å². The number of rotatable bonds is 5. The molecule has 0 radical (unpaired) electrons. The monoisotopic (exact) mass is 271 g/mol. The SMILES string of the molecule is CC(CN)(Cc1cccs1)c1ccc(C2CC2)cc1. The Labute approximate surface area is 119 Å². The first-order valence-electron chi connectivity index (χ1n) is 7.04. The van der Waals surface area contributed by atoms with E-state index in [9.17, 15) is 0 Å². The Bertz CT molecular complexity index is 525. The zero-order valence-electron chi connectivity index (χ0n) is 11.4. The van der Waals surface area contributed by atoms with Gasteiger partial charge in [-0.05, 0) is 47.8 Å².